The molecule has 0 radical (unpaired) electrons. The molecule has 3 rings (SSSR count). The van der Waals surface area contributed by atoms with Crippen molar-refractivity contribution < 1.29 is 4.74 Å². The van der Waals surface area contributed by atoms with E-state index in [-0.39, 0.29) is 0 Å². The van der Waals surface area contributed by atoms with Crippen LogP contribution in [0.15, 0.2) is 30.5 Å². The topological polar surface area (TPSA) is 32.0 Å². The van der Waals surface area contributed by atoms with Crippen molar-refractivity contribution in [2.45, 2.75) is 20.4 Å². The Kier molecular flexibility index (Phi) is 3.64. The summed E-state index contributed by atoms with van der Waals surface area (Å²) in [4.78, 5) is 0. The third-order valence-corrected chi connectivity index (χ3v) is 4.15. The van der Waals surface area contributed by atoms with Crippen LogP contribution in [0.1, 0.15) is 18.3 Å². The van der Waals surface area contributed by atoms with E-state index >= 15 is 0 Å². The van der Waals surface area contributed by atoms with E-state index in [4.69, 9.17) is 16.3 Å². The van der Waals surface area contributed by atoms with Gasteiger partial charge in [0.15, 0.2) is 0 Å². The van der Waals surface area contributed by atoms with Crippen LogP contribution in [0, 0.1) is 6.92 Å². The van der Waals surface area contributed by atoms with Crippen molar-refractivity contribution >= 4 is 22.5 Å². The Balaban J connectivity index is 2.04. The number of benzene rings is 1. The number of hydrogen-bond donors (Lipinski definition) is 0. The molecule has 0 fully saturated rings. The van der Waals surface area contributed by atoms with Crippen molar-refractivity contribution in [1.82, 2.24) is 14.3 Å². The predicted molar refractivity (Wildman–Crippen MR) is 85.2 cm³/mol. The average Bonchev–Trinajstić information content (AvgIpc) is 2.97. The van der Waals surface area contributed by atoms with Crippen molar-refractivity contribution in [2.75, 3.05) is 6.61 Å². The molecule has 0 aliphatic rings. The molecule has 21 heavy (non-hydrogen) atoms. The normalized spacial score (nSPS) is 11.2. The van der Waals surface area contributed by atoms with E-state index in [9.17, 15) is 0 Å². The van der Waals surface area contributed by atoms with Crippen LogP contribution in [0.3, 0.4) is 0 Å². The number of aryl methyl sites for hydroxylation is 2. The minimum Gasteiger partial charge on any atom is -0.493 e. The minimum absolute atomic E-state index is 0.664. The summed E-state index contributed by atoms with van der Waals surface area (Å²) < 4.78 is 9.69. The van der Waals surface area contributed by atoms with E-state index < -0.39 is 0 Å². The molecule has 1 aromatic carbocycles. The maximum absolute atomic E-state index is 6.34. The van der Waals surface area contributed by atoms with E-state index in [1.54, 1.807) is 0 Å². The van der Waals surface area contributed by atoms with Crippen LogP contribution in [0.5, 0.6) is 5.75 Å². The van der Waals surface area contributed by atoms with Gasteiger partial charge in [-0.25, -0.2) is 0 Å². The summed E-state index contributed by atoms with van der Waals surface area (Å²) >= 11 is 6.34. The number of aromatic nitrogens is 3. The van der Waals surface area contributed by atoms with Crippen molar-refractivity contribution in [3.8, 4) is 5.75 Å². The standard InChI is InChI=1S/C16H18ClN3O/c1-4-21-15-7-5-6-13-12(15)8-9-20(13)10-14-16(17)11(2)18-19(14)3/h5-9H,4,10H2,1-3H3. The molecule has 0 unspecified atom stereocenters. The summed E-state index contributed by atoms with van der Waals surface area (Å²) in [5.41, 5.74) is 3.00. The predicted octanol–water partition coefficient (Wildman–Crippen LogP) is 3.78. The Morgan fingerprint density at radius 1 is 1.29 bits per heavy atom. The Labute approximate surface area is 128 Å². The number of fused-ring (bicyclic) bond motifs is 1. The summed E-state index contributed by atoms with van der Waals surface area (Å²) in [5, 5.41) is 6.22. The van der Waals surface area contributed by atoms with Gasteiger partial charge in [-0.05, 0) is 32.0 Å². The van der Waals surface area contributed by atoms with Gasteiger partial charge in [0, 0.05) is 18.6 Å². The molecule has 110 valence electrons. The second-order valence-electron chi connectivity index (χ2n) is 5.04. The number of halogens is 1. The molecule has 0 aliphatic heterocycles. The Morgan fingerprint density at radius 3 is 2.76 bits per heavy atom. The Morgan fingerprint density at radius 2 is 2.10 bits per heavy atom. The van der Waals surface area contributed by atoms with Gasteiger partial charge in [0.05, 0.1) is 35.1 Å². The molecule has 2 heterocycles. The molecular formula is C16H18ClN3O. The fraction of sp³-hybridized carbons (Fsp3) is 0.312. The third-order valence-electron chi connectivity index (χ3n) is 3.66. The monoisotopic (exact) mass is 303 g/mol. The minimum atomic E-state index is 0.664. The molecule has 0 atom stereocenters. The van der Waals surface area contributed by atoms with Gasteiger partial charge in [-0.15, -0.1) is 0 Å². The number of ether oxygens (including phenoxy) is 1. The highest BCUT2D eigenvalue weighted by atomic mass is 35.5. The number of hydrogen-bond acceptors (Lipinski definition) is 2. The molecule has 0 N–H and O–H groups in total. The lowest BCUT2D eigenvalue weighted by atomic mass is 10.2. The zero-order valence-corrected chi connectivity index (χ0v) is 13.2. The lowest BCUT2D eigenvalue weighted by molar-refractivity contribution is 0.344. The molecule has 0 spiro atoms. The zero-order valence-electron chi connectivity index (χ0n) is 12.4. The van der Waals surface area contributed by atoms with Crippen LogP contribution in [0.25, 0.3) is 10.9 Å². The summed E-state index contributed by atoms with van der Waals surface area (Å²) in [6.45, 7) is 5.27. The summed E-state index contributed by atoms with van der Waals surface area (Å²) in [7, 11) is 1.92. The maximum atomic E-state index is 6.34. The van der Waals surface area contributed by atoms with Crippen LogP contribution in [-0.4, -0.2) is 21.0 Å². The SMILES string of the molecule is CCOc1cccc2c1ccn2Cc1c(Cl)c(C)nn1C. The van der Waals surface area contributed by atoms with E-state index in [1.165, 1.54) is 0 Å². The molecule has 0 amide bonds. The van der Waals surface area contributed by atoms with Crippen molar-refractivity contribution in [3.63, 3.8) is 0 Å². The van der Waals surface area contributed by atoms with Crippen LogP contribution >= 0.6 is 11.6 Å². The quantitative estimate of drug-likeness (QED) is 0.734. The van der Waals surface area contributed by atoms with Crippen LogP contribution in [0.4, 0.5) is 0 Å². The molecular weight excluding hydrogens is 286 g/mol. The van der Waals surface area contributed by atoms with Gasteiger partial charge in [0.1, 0.15) is 5.75 Å². The molecule has 0 saturated carbocycles. The van der Waals surface area contributed by atoms with Crippen LogP contribution in [-0.2, 0) is 13.6 Å². The highest BCUT2D eigenvalue weighted by molar-refractivity contribution is 6.31. The second-order valence-corrected chi connectivity index (χ2v) is 5.41. The van der Waals surface area contributed by atoms with Crippen molar-refractivity contribution in [2.24, 2.45) is 7.05 Å². The highest BCUT2D eigenvalue weighted by Gasteiger charge is 2.13. The second kappa shape index (κ2) is 5.45. The van der Waals surface area contributed by atoms with Crippen molar-refractivity contribution in [1.29, 1.82) is 0 Å². The first-order chi connectivity index (χ1) is 10.1. The molecule has 0 bridgehead atoms. The first kappa shape index (κ1) is 14.0. The molecule has 2 aromatic heterocycles. The van der Waals surface area contributed by atoms with E-state index in [0.717, 1.165) is 33.1 Å². The zero-order chi connectivity index (χ0) is 15.0. The van der Waals surface area contributed by atoms with Gasteiger partial charge in [0.2, 0.25) is 0 Å². The largest absolute Gasteiger partial charge is 0.493 e. The molecule has 5 heteroatoms. The van der Waals surface area contributed by atoms with Gasteiger partial charge in [-0.1, -0.05) is 17.7 Å². The summed E-state index contributed by atoms with van der Waals surface area (Å²) in [6.07, 6.45) is 2.06. The van der Waals surface area contributed by atoms with Gasteiger partial charge in [0.25, 0.3) is 0 Å². The van der Waals surface area contributed by atoms with E-state index in [2.05, 4.69) is 28.0 Å². The van der Waals surface area contributed by atoms with Gasteiger partial charge < -0.3 is 9.30 Å². The lowest BCUT2D eigenvalue weighted by Crippen LogP contribution is -2.05. The fourth-order valence-electron chi connectivity index (χ4n) is 2.63. The van der Waals surface area contributed by atoms with Crippen LogP contribution in [0.2, 0.25) is 5.02 Å². The first-order valence-corrected chi connectivity index (χ1v) is 7.38. The third kappa shape index (κ3) is 2.40. The van der Waals surface area contributed by atoms with Gasteiger partial charge in [-0.3, -0.25) is 4.68 Å². The Hall–Kier alpha value is -1.94. The Bertz CT molecular complexity index is 788. The van der Waals surface area contributed by atoms with E-state index in [1.807, 2.05) is 37.7 Å². The highest BCUT2D eigenvalue weighted by Crippen LogP contribution is 2.28. The number of nitrogens with zero attached hydrogens (tertiary/aromatic N) is 3. The molecule has 0 saturated heterocycles. The number of rotatable bonds is 4. The maximum Gasteiger partial charge on any atom is 0.128 e. The molecule has 4 nitrogen and oxygen atoms in total. The van der Waals surface area contributed by atoms with Crippen LogP contribution < -0.4 is 4.74 Å². The van der Waals surface area contributed by atoms with Gasteiger partial charge in [-0.2, -0.15) is 5.10 Å². The smallest absolute Gasteiger partial charge is 0.128 e. The molecule has 3 aromatic rings. The lowest BCUT2D eigenvalue weighted by Gasteiger charge is -2.08. The summed E-state index contributed by atoms with van der Waals surface area (Å²) in [6, 6.07) is 8.18. The van der Waals surface area contributed by atoms with Gasteiger partial charge >= 0.3 is 0 Å². The van der Waals surface area contributed by atoms with E-state index in [0.29, 0.717) is 13.2 Å². The summed E-state index contributed by atoms with van der Waals surface area (Å²) in [5.74, 6) is 0.918. The van der Waals surface area contributed by atoms with Crippen molar-refractivity contribution in [3.05, 3.63) is 46.9 Å². The average molecular weight is 304 g/mol. The first-order valence-electron chi connectivity index (χ1n) is 7.00. The molecule has 0 aliphatic carbocycles. The fourth-order valence-corrected chi connectivity index (χ4v) is 2.85.